The monoisotopic (exact) mass is 254 g/mol. The third-order valence-electron chi connectivity index (χ3n) is 3.79. The largest absolute Gasteiger partial charge is 0.318 e. The summed E-state index contributed by atoms with van der Waals surface area (Å²) in [6.45, 7) is 4.02. The molecule has 1 aliphatic rings. The van der Waals surface area contributed by atoms with Gasteiger partial charge in [-0.25, -0.2) is 8.78 Å². The minimum atomic E-state index is -0.779. The maximum atomic E-state index is 13.3. The first-order valence-corrected chi connectivity index (χ1v) is 6.48. The van der Waals surface area contributed by atoms with E-state index in [1.807, 2.05) is 7.05 Å². The van der Waals surface area contributed by atoms with Crippen molar-refractivity contribution >= 4 is 0 Å². The molecule has 1 fully saturated rings. The lowest BCUT2D eigenvalue weighted by Gasteiger charge is -2.31. The van der Waals surface area contributed by atoms with Crippen LogP contribution in [0.25, 0.3) is 0 Å². The maximum absolute atomic E-state index is 13.3. The lowest BCUT2D eigenvalue weighted by atomic mass is 10.1. The van der Waals surface area contributed by atoms with Gasteiger partial charge in [0.15, 0.2) is 11.6 Å². The fourth-order valence-corrected chi connectivity index (χ4v) is 2.79. The van der Waals surface area contributed by atoms with Crippen molar-refractivity contribution in [1.82, 2.24) is 10.2 Å². The van der Waals surface area contributed by atoms with Crippen LogP contribution in [0.15, 0.2) is 18.2 Å². The SMILES string of the molecule is CNCC1CCCN1C(C)c1ccc(F)c(F)c1. The lowest BCUT2D eigenvalue weighted by molar-refractivity contribution is 0.190. The van der Waals surface area contributed by atoms with Crippen LogP contribution in [0.1, 0.15) is 31.4 Å². The molecule has 1 aromatic rings. The van der Waals surface area contributed by atoms with Gasteiger partial charge in [0.2, 0.25) is 0 Å². The van der Waals surface area contributed by atoms with Crippen molar-refractivity contribution in [2.24, 2.45) is 0 Å². The molecule has 0 amide bonds. The highest BCUT2D eigenvalue weighted by Gasteiger charge is 2.28. The zero-order valence-corrected chi connectivity index (χ0v) is 10.9. The quantitative estimate of drug-likeness (QED) is 0.888. The van der Waals surface area contributed by atoms with Crippen molar-refractivity contribution in [3.8, 4) is 0 Å². The second-order valence-corrected chi connectivity index (χ2v) is 4.94. The molecule has 18 heavy (non-hydrogen) atoms. The highest BCUT2D eigenvalue weighted by molar-refractivity contribution is 5.21. The molecular weight excluding hydrogens is 234 g/mol. The number of benzene rings is 1. The van der Waals surface area contributed by atoms with E-state index in [9.17, 15) is 8.78 Å². The van der Waals surface area contributed by atoms with Gasteiger partial charge < -0.3 is 5.32 Å². The number of hydrogen-bond donors (Lipinski definition) is 1. The molecule has 1 N–H and O–H groups in total. The Morgan fingerprint density at radius 2 is 2.17 bits per heavy atom. The van der Waals surface area contributed by atoms with Crippen LogP contribution in [0.2, 0.25) is 0 Å². The molecule has 0 bridgehead atoms. The zero-order valence-electron chi connectivity index (χ0n) is 10.9. The van der Waals surface area contributed by atoms with E-state index >= 15 is 0 Å². The predicted molar refractivity (Wildman–Crippen MR) is 68.4 cm³/mol. The molecule has 0 radical (unpaired) electrons. The molecule has 1 aliphatic heterocycles. The van der Waals surface area contributed by atoms with Gasteiger partial charge in [-0.2, -0.15) is 0 Å². The molecule has 2 rings (SSSR count). The average molecular weight is 254 g/mol. The van der Waals surface area contributed by atoms with Crippen LogP contribution < -0.4 is 5.32 Å². The lowest BCUT2D eigenvalue weighted by Crippen LogP contribution is -2.38. The number of likely N-dealkylation sites (N-methyl/N-ethyl adjacent to an activating group) is 1. The summed E-state index contributed by atoms with van der Waals surface area (Å²) in [6, 6.07) is 4.82. The van der Waals surface area contributed by atoms with E-state index in [4.69, 9.17) is 0 Å². The van der Waals surface area contributed by atoms with Gasteiger partial charge >= 0.3 is 0 Å². The van der Waals surface area contributed by atoms with Gasteiger partial charge in [-0.1, -0.05) is 6.07 Å². The molecule has 100 valence electrons. The average Bonchev–Trinajstić information content (AvgIpc) is 2.80. The van der Waals surface area contributed by atoms with Crippen molar-refractivity contribution in [3.63, 3.8) is 0 Å². The topological polar surface area (TPSA) is 15.3 Å². The summed E-state index contributed by atoms with van der Waals surface area (Å²) in [6.07, 6.45) is 2.33. The molecule has 0 saturated carbocycles. The first-order valence-electron chi connectivity index (χ1n) is 6.48. The summed E-state index contributed by atoms with van der Waals surface area (Å²) in [5.74, 6) is -1.54. The summed E-state index contributed by atoms with van der Waals surface area (Å²) in [7, 11) is 1.94. The van der Waals surface area contributed by atoms with E-state index in [0.717, 1.165) is 25.1 Å². The summed E-state index contributed by atoms with van der Waals surface area (Å²) in [4.78, 5) is 2.36. The van der Waals surface area contributed by atoms with Crippen LogP contribution in [0.3, 0.4) is 0 Å². The number of nitrogens with one attached hydrogen (secondary N) is 1. The Balaban J connectivity index is 2.14. The summed E-state index contributed by atoms with van der Waals surface area (Å²) in [5, 5.41) is 3.19. The molecule has 4 heteroatoms. The summed E-state index contributed by atoms with van der Waals surface area (Å²) in [5.41, 5.74) is 0.844. The first kappa shape index (κ1) is 13.4. The van der Waals surface area contributed by atoms with E-state index in [1.54, 1.807) is 6.07 Å². The van der Waals surface area contributed by atoms with Crippen molar-refractivity contribution in [3.05, 3.63) is 35.4 Å². The number of nitrogens with zero attached hydrogens (tertiary/aromatic N) is 1. The molecule has 0 spiro atoms. The molecular formula is C14H20F2N2. The fourth-order valence-electron chi connectivity index (χ4n) is 2.79. The Bertz CT molecular complexity index is 409. The Labute approximate surface area is 107 Å². The van der Waals surface area contributed by atoms with E-state index in [1.165, 1.54) is 18.6 Å². The van der Waals surface area contributed by atoms with Crippen molar-refractivity contribution in [1.29, 1.82) is 0 Å². The third-order valence-corrected chi connectivity index (χ3v) is 3.79. The van der Waals surface area contributed by atoms with E-state index in [-0.39, 0.29) is 6.04 Å². The number of likely N-dealkylation sites (tertiary alicyclic amines) is 1. The minimum absolute atomic E-state index is 0.126. The third kappa shape index (κ3) is 2.70. The van der Waals surface area contributed by atoms with Gasteiger partial charge in [-0.05, 0) is 51.1 Å². The van der Waals surface area contributed by atoms with Gasteiger partial charge in [-0.15, -0.1) is 0 Å². The van der Waals surface area contributed by atoms with Crippen molar-refractivity contribution < 1.29 is 8.78 Å². The number of rotatable bonds is 4. The minimum Gasteiger partial charge on any atom is -0.318 e. The molecule has 2 nitrogen and oxygen atoms in total. The Kier molecular flexibility index (Phi) is 4.30. The molecule has 2 atom stereocenters. The highest BCUT2D eigenvalue weighted by Crippen LogP contribution is 2.29. The van der Waals surface area contributed by atoms with E-state index in [0.29, 0.717) is 6.04 Å². The van der Waals surface area contributed by atoms with Crippen molar-refractivity contribution in [2.75, 3.05) is 20.1 Å². The Morgan fingerprint density at radius 3 is 2.83 bits per heavy atom. The first-order chi connectivity index (χ1) is 8.63. The van der Waals surface area contributed by atoms with Gasteiger partial charge in [0.1, 0.15) is 0 Å². The standard InChI is InChI=1S/C14H20F2N2/c1-10(11-5-6-13(15)14(16)8-11)18-7-3-4-12(18)9-17-2/h5-6,8,10,12,17H,3-4,7,9H2,1-2H3. The molecule has 2 unspecified atom stereocenters. The second-order valence-electron chi connectivity index (χ2n) is 4.94. The van der Waals surface area contributed by atoms with Gasteiger partial charge in [-0.3, -0.25) is 4.90 Å². The van der Waals surface area contributed by atoms with Crippen molar-refractivity contribution in [2.45, 2.75) is 31.8 Å². The second kappa shape index (κ2) is 5.76. The number of halogens is 2. The zero-order chi connectivity index (χ0) is 13.1. The molecule has 1 aromatic carbocycles. The van der Waals surface area contributed by atoms with Gasteiger partial charge in [0, 0.05) is 18.6 Å². The highest BCUT2D eigenvalue weighted by atomic mass is 19.2. The van der Waals surface area contributed by atoms with Gasteiger partial charge in [0.25, 0.3) is 0 Å². The number of hydrogen-bond acceptors (Lipinski definition) is 2. The van der Waals surface area contributed by atoms with Crippen LogP contribution >= 0.6 is 0 Å². The maximum Gasteiger partial charge on any atom is 0.159 e. The van der Waals surface area contributed by atoms with Crippen LogP contribution in [0.5, 0.6) is 0 Å². The Morgan fingerprint density at radius 1 is 1.39 bits per heavy atom. The Hall–Kier alpha value is -1.00. The van der Waals surface area contributed by atoms with Crippen LogP contribution in [0.4, 0.5) is 8.78 Å². The molecule has 1 heterocycles. The fraction of sp³-hybridized carbons (Fsp3) is 0.571. The van der Waals surface area contributed by atoms with Gasteiger partial charge in [0.05, 0.1) is 0 Å². The molecule has 1 saturated heterocycles. The van der Waals surface area contributed by atoms with E-state index < -0.39 is 11.6 Å². The van der Waals surface area contributed by atoms with Crippen LogP contribution in [0, 0.1) is 11.6 Å². The predicted octanol–water partition coefficient (Wildman–Crippen LogP) is 2.71. The molecule has 0 aromatic heterocycles. The van der Waals surface area contributed by atoms with Crippen LogP contribution in [-0.4, -0.2) is 31.1 Å². The smallest absolute Gasteiger partial charge is 0.159 e. The summed E-state index contributed by atoms with van der Waals surface area (Å²) >= 11 is 0. The van der Waals surface area contributed by atoms with Crippen LogP contribution in [-0.2, 0) is 0 Å². The van der Waals surface area contributed by atoms with E-state index in [2.05, 4.69) is 17.1 Å². The summed E-state index contributed by atoms with van der Waals surface area (Å²) < 4.78 is 26.2. The molecule has 0 aliphatic carbocycles. The normalized spacial score (nSPS) is 22.3.